The second-order valence-corrected chi connectivity index (χ2v) is 8.00. The van der Waals surface area contributed by atoms with Gasteiger partial charge < -0.3 is 0 Å². The van der Waals surface area contributed by atoms with Crippen LogP contribution in [0.15, 0.2) is 29.2 Å². The van der Waals surface area contributed by atoms with Crippen molar-refractivity contribution >= 4 is 36.0 Å². The Hall–Kier alpha value is -0.480. The van der Waals surface area contributed by atoms with Gasteiger partial charge in [-0.1, -0.05) is 28.1 Å². The molecule has 0 amide bonds. The van der Waals surface area contributed by atoms with Gasteiger partial charge >= 0.3 is 0 Å². The van der Waals surface area contributed by atoms with Crippen LogP contribution in [0, 0.1) is 0 Å². The van der Waals surface area contributed by atoms with E-state index in [-0.39, 0.29) is 18.0 Å². The van der Waals surface area contributed by atoms with Crippen molar-refractivity contribution in [2.24, 2.45) is 0 Å². The summed E-state index contributed by atoms with van der Waals surface area (Å²) in [5.74, 6) is 0. The first-order valence-corrected chi connectivity index (χ1v) is 9.83. The van der Waals surface area contributed by atoms with Gasteiger partial charge in [0.25, 0.3) is 0 Å². The van der Waals surface area contributed by atoms with E-state index in [9.17, 15) is 16.8 Å². The van der Waals surface area contributed by atoms with Crippen molar-refractivity contribution in [1.82, 2.24) is 9.44 Å². The van der Waals surface area contributed by atoms with Crippen molar-refractivity contribution in [3.63, 3.8) is 0 Å². The lowest BCUT2D eigenvalue weighted by Gasteiger charge is -2.07. The molecule has 0 aliphatic heterocycles. The Balaban J connectivity index is 2.60. The first kappa shape index (κ1) is 16.6. The van der Waals surface area contributed by atoms with Gasteiger partial charge in [0.15, 0.2) is 0 Å². The van der Waals surface area contributed by atoms with Crippen LogP contribution in [0.1, 0.15) is 5.56 Å². The zero-order valence-corrected chi connectivity index (χ0v) is 13.5. The predicted octanol–water partition coefficient (Wildman–Crippen LogP) is 0.409. The zero-order chi connectivity index (χ0) is 14.5. The summed E-state index contributed by atoms with van der Waals surface area (Å²) in [4.78, 5) is 0.150. The fourth-order valence-corrected chi connectivity index (χ4v) is 3.14. The molecular weight excluding hydrogens is 356 g/mol. The molecule has 0 fully saturated rings. The van der Waals surface area contributed by atoms with Gasteiger partial charge in [0, 0.05) is 18.4 Å². The zero-order valence-electron chi connectivity index (χ0n) is 10.3. The Kier molecular flexibility index (Phi) is 5.93. The lowest BCUT2D eigenvalue weighted by Crippen LogP contribution is -2.34. The predicted molar refractivity (Wildman–Crippen MR) is 77.1 cm³/mol. The lowest BCUT2D eigenvalue weighted by atomic mass is 10.2. The molecule has 6 nitrogen and oxygen atoms in total. The Morgan fingerprint density at radius 2 is 1.53 bits per heavy atom. The highest BCUT2D eigenvalue weighted by Gasteiger charge is 2.13. The van der Waals surface area contributed by atoms with Crippen LogP contribution in [-0.4, -0.2) is 36.2 Å². The number of sulfonamides is 2. The molecule has 19 heavy (non-hydrogen) atoms. The molecule has 0 unspecified atom stereocenters. The third-order valence-electron chi connectivity index (χ3n) is 2.17. The molecule has 1 rings (SSSR count). The normalized spacial score (nSPS) is 12.5. The van der Waals surface area contributed by atoms with E-state index in [0.29, 0.717) is 5.33 Å². The molecule has 0 atom stereocenters. The summed E-state index contributed by atoms with van der Waals surface area (Å²) in [5.41, 5.74) is 0.970. The first-order chi connectivity index (χ1) is 8.74. The molecule has 0 spiro atoms. The van der Waals surface area contributed by atoms with Crippen LogP contribution in [0.2, 0.25) is 0 Å². The minimum absolute atomic E-state index is 0.00437. The fraction of sp³-hybridized carbons (Fsp3) is 0.400. The topological polar surface area (TPSA) is 92.3 Å². The highest BCUT2D eigenvalue weighted by molar-refractivity contribution is 9.08. The molecule has 0 heterocycles. The van der Waals surface area contributed by atoms with Gasteiger partial charge in [-0.2, -0.15) is 0 Å². The minimum atomic E-state index is -3.60. The standard InChI is InChI=1S/C10H15BrN2O4S2/c1-18(14,15)12-6-7-13-19(16,17)10-4-2-9(8-11)3-5-10/h2-5,12-13H,6-8H2,1H3. The Morgan fingerprint density at radius 3 is 2.00 bits per heavy atom. The maximum absolute atomic E-state index is 11.9. The van der Waals surface area contributed by atoms with Crippen molar-refractivity contribution in [3.05, 3.63) is 29.8 Å². The number of hydrogen-bond acceptors (Lipinski definition) is 4. The van der Waals surface area contributed by atoms with Crippen LogP contribution in [-0.2, 0) is 25.4 Å². The van der Waals surface area contributed by atoms with Crippen molar-refractivity contribution in [2.75, 3.05) is 19.3 Å². The molecule has 0 saturated carbocycles. The van der Waals surface area contributed by atoms with E-state index < -0.39 is 20.0 Å². The molecule has 0 aromatic heterocycles. The summed E-state index contributed by atoms with van der Waals surface area (Å²) in [7, 11) is -6.91. The maximum atomic E-state index is 11.9. The summed E-state index contributed by atoms with van der Waals surface area (Å²) < 4.78 is 49.8. The number of rotatable bonds is 7. The summed E-state index contributed by atoms with van der Waals surface area (Å²) >= 11 is 3.27. The van der Waals surface area contributed by atoms with Crippen molar-refractivity contribution in [3.8, 4) is 0 Å². The molecule has 2 N–H and O–H groups in total. The number of benzene rings is 1. The van der Waals surface area contributed by atoms with E-state index in [2.05, 4.69) is 25.4 Å². The van der Waals surface area contributed by atoms with Crippen LogP contribution in [0.3, 0.4) is 0 Å². The average Bonchev–Trinajstić information content (AvgIpc) is 2.34. The largest absolute Gasteiger partial charge is 0.240 e. The van der Waals surface area contributed by atoms with Gasteiger partial charge in [0.2, 0.25) is 20.0 Å². The van der Waals surface area contributed by atoms with Gasteiger partial charge in [-0.05, 0) is 17.7 Å². The van der Waals surface area contributed by atoms with Crippen LogP contribution < -0.4 is 9.44 Å². The van der Waals surface area contributed by atoms with Crippen molar-refractivity contribution in [1.29, 1.82) is 0 Å². The van der Waals surface area contributed by atoms with Gasteiger partial charge in [-0.15, -0.1) is 0 Å². The van der Waals surface area contributed by atoms with Gasteiger partial charge in [0.1, 0.15) is 0 Å². The van der Waals surface area contributed by atoms with Gasteiger partial charge in [-0.3, -0.25) is 0 Å². The molecule has 1 aromatic rings. The quantitative estimate of drug-likeness (QED) is 0.536. The molecular formula is C10H15BrN2O4S2. The van der Waals surface area contributed by atoms with Crippen LogP contribution >= 0.6 is 15.9 Å². The summed E-state index contributed by atoms with van der Waals surface area (Å²) in [5, 5.41) is 0.652. The van der Waals surface area contributed by atoms with Crippen molar-refractivity contribution < 1.29 is 16.8 Å². The lowest BCUT2D eigenvalue weighted by molar-refractivity contribution is 0.573. The molecule has 0 saturated heterocycles. The molecule has 0 aliphatic rings. The average molecular weight is 371 g/mol. The third-order valence-corrected chi connectivity index (χ3v) is 5.02. The summed E-state index contributed by atoms with van der Waals surface area (Å²) in [6.45, 7) is 0.00709. The minimum Gasteiger partial charge on any atom is -0.214 e. The molecule has 9 heteroatoms. The highest BCUT2D eigenvalue weighted by atomic mass is 79.9. The van der Waals surface area contributed by atoms with Crippen molar-refractivity contribution in [2.45, 2.75) is 10.2 Å². The molecule has 0 radical (unpaired) electrons. The van der Waals surface area contributed by atoms with E-state index in [1.165, 1.54) is 12.1 Å². The Labute approximate surface area is 121 Å². The van der Waals surface area contributed by atoms with E-state index in [1.807, 2.05) is 0 Å². The SMILES string of the molecule is CS(=O)(=O)NCCNS(=O)(=O)c1ccc(CBr)cc1. The van der Waals surface area contributed by atoms with Crippen LogP contribution in [0.4, 0.5) is 0 Å². The van der Waals surface area contributed by atoms with Gasteiger partial charge in [-0.25, -0.2) is 26.3 Å². The second-order valence-electron chi connectivity index (χ2n) is 3.84. The Morgan fingerprint density at radius 1 is 1.00 bits per heavy atom. The van der Waals surface area contributed by atoms with E-state index in [0.717, 1.165) is 11.8 Å². The second kappa shape index (κ2) is 6.80. The van der Waals surface area contributed by atoms with E-state index in [4.69, 9.17) is 0 Å². The number of halogens is 1. The first-order valence-electron chi connectivity index (χ1n) is 5.34. The number of hydrogen-bond donors (Lipinski definition) is 2. The number of alkyl halides is 1. The van der Waals surface area contributed by atoms with E-state index >= 15 is 0 Å². The molecule has 0 bridgehead atoms. The van der Waals surface area contributed by atoms with Gasteiger partial charge in [0.05, 0.1) is 11.2 Å². The van der Waals surface area contributed by atoms with Crippen LogP contribution in [0.25, 0.3) is 0 Å². The Bertz CT molecular complexity index is 611. The summed E-state index contributed by atoms with van der Waals surface area (Å²) in [6, 6.07) is 6.42. The maximum Gasteiger partial charge on any atom is 0.240 e. The highest BCUT2D eigenvalue weighted by Crippen LogP contribution is 2.12. The molecule has 0 aliphatic carbocycles. The van der Waals surface area contributed by atoms with E-state index in [1.54, 1.807) is 12.1 Å². The smallest absolute Gasteiger partial charge is 0.214 e. The fourth-order valence-electron chi connectivity index (χ4n) is 1.26. The molecule has 1 aromatic carbocycles. The third kappa shape index (κ3) is 6.00. The molecule has 108 valence electrons. The monoisotopic (exact) mass is 370 g/mol. The summed E-state index contributed by atoms with van der Waals surface area (Å²) in [6.07, 6.45) is 1.01. The number of nitrogens with one attached hydrogen (secondary N) is 2. The van der Waals surface area contributed by atoms with Crippen LogP contribution in [0.5, 0.6) is 0 Å².